The second kappa shape index (κ2) is 8.65. The van der Waals surface area contributed by atoms with Crippen LogP contribution < -0.4 is 14.8 Å². The summed E-state index contributed by atoms with van der Waals surface area (Å²) in [5.74, 6) is 1.32. The van der Waals surface area contributed by atoms with E-state index in [-0.39, 0.29) is 0 Å². The largest absolute Gasteiger partial charge is 0.493 e. The maximum atomic E-state index is 11.2. The summed E-state index contributed by atoms with van der Waals surface area (Å²) in [5, 5.41) is 2.57. The van der Waals surface area contributed by atoms with Crippen LogP contribution in [0.4, 0.5) is 4.79 Å². The van der Waals surface area contributed by atoms with Crippen LogP contribution in [0.3, 0.4) is 0 Å². The zero-order valence-electron chi connectivity index (χ0n) is 11.6. The molecule has 0 fully saturated rings. The molecule has 0 atom stereocenters. The molecule has 1 N–H and O–H groups in total. The Hall–Kier alpha value is -1.47. The minimum atomic E-state index is -0.405. The molecule has 1 aromatic carbocycles. The normalized spacial score (nSPS) is 9.75. The van der Waals surface area contributed by atoms with Gasteiger partial charge in [0.1, 0.15) is 4.32 Å². The van der Waals surface area contributed by atoms with Gasteiger partial charge in [-0.2, -0.15) is 0 Å². The highest BCUT2D eigenvalue weighted by Crippen LogP contribution is 2.27. The summed E-state index contributed by atoms with van der Waals surface area (Å²) in [5.41, 5.74) is 0.967. The van der Waals surface area contributed by atoms with Gasteiger partial charge in [0.25, 0.3) is 0 Å². The quantitative estimate of drug-likeness (QED) is 0.662. The number of hydrogen-bond donors (Lipinski definition) is 1. The molecular formula is C13H17NO4S2. The number of carbonyl (C=O) groups is 1. The molecule has 0 aromatic heterocycles. The molecule has 0 amide bonds. The topological polar surface area (TPSA) is 56.8 Å². The molecule has 5 nitrogen and oxygen atoms in total. The first-order valence-corrected chi connectivity index (χ1v) is 7.16. The van der Waals surface area contributed by atoms with Gasteiger partial charge in [-0.15, -0.1) is 0 Å². The van der Waals surface area contributed by atoms with Gasteiger partial charge in [0, 0.05) is 18.3 Å². The van der Waals surface area contributed by atoms with Crippen molar-refractivity contribution in [1.82, 2.24) is 5.32 Å². The molecule has 20 heavy (non-hydrogen) atoms. The van der Waals surface area contributed by atoms with Crippen molar-refractivity contribution < 1.29 is 19.0 Å². The smallest absolute Gasteiger partial charge is 0.374 e. The molecule has 0 saturated carbocycles. The van der Waals surface area contributed by atoms with Crippen molar-refractivity contribution in [3.63, 3.8) is 0 Å². The molecule has 0 bridgehead atoms. The van der Waals surface area contributed by atoms with E-state index in [0.717, 1.165) is 17.3 Å². The Balaban J connectivity index is 2.53. The highest BCUT2D eigenvalue weighted by molar-refractivity contribution is 8.32. The molecular weight excluding hydrogens is 298 g/mol. The summed E-state index contributed by atoms with van der Waals surface area (Å²) < 4.78 is 15.5. The average molecular weight is 315 g/mol. The molecule has 7 heteroatoms. The Morgan fingerprint density at radius 2 is 2.00 bits per heavy atom. The Morgan fingerprint density at radius 3 is 2.60 bits per heavy atom. The van der Waals surface area contributed by atoms with Crippen molar-refractivity contribution in [2.45, 2.75) is 13.5 Å². The van der Waals surface area contributed by atoms with Gasteiger partial charge in [-0.3, -0.25) is 0 Å². The van der Waals surface area contributed by atoms with E-state index in [0.29, 0.717) is 29.0 Å². The van der Waals surface area contributed by atoms with Crippen molar-refractivity contribution in [2.24, 2.45) is 0 Å². The van der Waals surface area contributed by atoms with Crippen molar-refractivity contribution in [3.05, 3.63) is 23.8 Å². The van der Waals surface area contributed by atoms with E-state index in [2.05, 4.69) is 5.32 Å². The number of hydrogen-bond acceptors (Lipinski definition) is 6. The maximum absolute atomic E-state index is 11.2. The first-order chi connectivity index (χ1) is 9.60. The predicted molar refractivity (Wildman–Crippen MR) is 83.6 cm³/mol. The summed E-state index contributed by atoms with van der Waals surface area (Å²) in [6.07, 6.45) is 0. The third kappa shape index (κ3) is 5.26. The summed E-state index contributed by atoms with van der Waals surface area (Å²) in [6, 6.07) is 5.56. The van der Waals surface area contributed by atoms with Crippen molar-refractivity contribution in [1.29, 1.82) is 0 Å². The van der Waals surface area contributed by atoms with E-state index in [1.54, 1.807) is 21.1 Å². The number of methoxy groups -OCH3 is 2. The van der Waals surface area contributed by atoms with Crippen LogP contribution in [0.5, 0.6) is 11.5 Å². The highest BCUT2D eigenvalue weighted by atomic mass is 32.2. The first-order valence-electron chi connectivity index (χ1n) is 5.94. The van der Waals surface area contributed by atoms with Gasteiger partial charge in [-0.25, -0.2) is 4.79 Å². The minimum Gasteiger partial charge on any atom is -0.493 e. The van der Waals surface area contributed by atoms with Crippen LogP contribution in [-0.4, -0.2) is 30.4 Å². The molecule has 0 spiro atoms. The fourth-order valence-electron chi connectivity index (χ4n) is 1.42. The number of thioether (sulfide) groups is 1. The van der Waals surface area contributed by atoms with Gasteiger partial charge < -0.3 is 19.5 Å². The number of carbonyl (C=O) groups excluding carboxylic acids is 1. The molecule has 1 rings (SSSR count). The summed E-state index contributed by atoms with van der Waals surface area (Å²) in [4.78, 5) is 11.2. The number of rotatable bonds is 5. The lowest BCUT2D eigenvalue weighted by Gasteiger charge is -2.11. The molecule has 0 aliphatic heterocycles. The zero-order chi connectivity index (χ0) is 15.0. The van der Waals surface area contributed by atoms with Crippen LogP contribution in [0.1, 0.15) is 12.5 Å². The molecule has 0 aliphatic rings. The highest BCUT2D eigenvalue weighted by Gasteiger charge is 2.08. The molecule has 0 aliphatic carbocycles. The minimum absolute atomic E-state index is 0.337. The van der Waals surface area contributed by atoms with Crippen molar-refractivity contribution in [2.75, 3.05) is 20.8 Å². The Morgan fingerprint density at radius 1 is 1.30 bits per heavy atom. The lowest BCUT2D eigenvalue weighted by Crippen LogP contribution is -2.19. The molecule has 0 heterocycles. The SMILES string of the molecule is CCOC(=O)SC(=S)NCc1ccc(OC)c(OC)c1. The Kier molecular flexibility index (Phi) is 7.17. The van der Waals surface area contributed by atoms with E-state index in [1.807, 2.05) is 18.2 Å². The third-order valence-electron chi connectivity index (χ3n) is 2.32. The number of thiocarbonyl (C=S) groups is 1. The van der Waals surface area contributed by atoms with E-state index in [4.69, 9.17) is 26.4 Å². The van der Waals surface area contributed by atoms with Crippen LogP contribution in [-0.2, 0) is 11.3 Å². The Bertz CT molecular complexity index is 479. The monoisotopic (exact) mass is 315 g/mol. The van der Waals surface area contributed by atoms with E-state index < -0.39 is 5.30 Å². The molecule has 0 radical (unpaired) electrons. The van der Waals surface area contributed by atoms with Gasteiger partial charge in [0.15, 0.2) is 11.5 Å². The van der Waals surface area contributed by atoms with Gasteiger partial charge in [0.05, 0.1) is 20.8 Å². The van der Waals surface area contributed by atoms with Gasteiger partial charge >= 0.3 is 5.30 Å². The molecule has 0 unspecified atom stereocenters. The lowest BCUT2D eigenvalue weighted by molar-refractivity contribution is 0.182. The predicted octanol–water partition coefficient (Wildman–Crippen LogP) is 2.97. The van der Waals surface area contributed by atoms with Crippen LogP contribution >= 0.6 is 24.0 Å². The van der Waals surface area contributed by atoms with Crippen LogP contribution in [0.25, 0.3) is 0 Å². The van der Waals surface area contributed by atoms with Crippen LogP contribution in [0.15, 0.2) is 18.2 Å². The summed E-state index contributed by atoms with van der Waals surface area (Å²) in [7, 11) is 3.16. The number of ether oxygens (including phenoxy) is 3. The fourth-order valence-corrected chi connectivity index (χ4v) is 2.17. The third-order valence-corrected chi connectivity index (χ3v) is 3.33. The average Bonchev–Trinajstić information content (AvgIpc) is 2.44. The van der Waals surface area contributed by atoms with E-state index in [1.165, 1.54) is 0 Å². The van der Waals surface area contributed by atoms with Gasteiger partial charge in [-0.05, 0) is 24.6 Å². The van der Waals surface area contributed by atoms with Gasteiger partial charge in [-0.1, -0.05) is 18.3 Å². The number of nitrogens with one attached hydrogen (secondary N) is 1. The maximum Gasteiger partial charge on any atom is 0.374 e. The molecule has 110 valence electrons. The van der Waals surface area contributed by atoms with Gasteiger partial charge in [0.2, 0.25) is 0 Å². The second-order valence-corrected chi connectivity index (χ2v) is 5.23. The fraction of sp³-hybridized carbons (Fsp3) is 0.385. The van der Waals surface area contributed by atoms with Crippen LogP contribution in [0, 0.1) is 0 Å². The lowest BCUT2D eigenvalue weighted by atomic mass is 10.2. The van der Waals surface area contributed by atoms with Crippen LogP contribution in [0.2, 0.25) is 0 Å². The Labute approximate surface area is 128 Å². The molecule has 1 aromatic rings. The van der Waals surface area contributed by atoms with Crippen molar-refractivity contribution >= 4 is 33.6 Å². The number of benzene rings is 1. The molecule has 0 saturated heterocycles. The van der Waals surface area contributed by atoms with Crippen molar-refractivity contribution in [3.8, 4) is 11.5 Å². The second-order valence-electron chi connectivity index (χ2n) is 3.62. The first kappa shape index (κ1) is 16.6. The van der Waals surface area contributed by atoms with E-state index in [9.17, 15) is 4.79 Å². The van der Waals surface area contributed by atoms with E-state index >= 15 is 0 Å². The summed E-state index contributed by atoms with van der Waals surface area (Å²) in [6.45, 7) is 2.58. The standard InChI is InChI=1S/C13H17NO4S2/c1-4-18-13(15)20-12(19)14-8-9-5-6-10(16-2)11(7-9)17-3/h5-7H,4,8H2,1-3H3,(H,14,19). The zero-order valence-corrected chi connectivity index (χ0v) is 13.2. The summed E-state index contributed by atoms with van der Waals surface area (Å²) >= 11 is 5.91.